The number of carbonyl (C=O) groups excluding carboxylic acids is 1. The van der Waals surface area contributed by atoms with Crippen LogP contribution >= 0.6 is 34.2 Å². The highest BCUT2D eigenvalue weighted by Gasteiger charge is 2.24. The highest BCUT2D eigenvalue weighted by Crippen LogP contribution is 2.24. The first-order valence-corrected chi connectivity index (χ1v) is 9.26. The van der Waals surface area contributed by atoms with Gasteiger partial charge in [-0.25, -0.2) is 9.78 Å². The number of hydrogen-bond donors (Lipinski definition) is 2. The molecule has 0 aromatic carbocycles. The number of nitrogens with zero attached hydrogens (tertiary/aromatic N) is 1. The lowest BCUT2D eigenvalue weighted by Gasteiger charge is -2.30. The molecule has 0 aliphatic heterocycles. The highest BCUT2D eigenvalue weighted by atomic mass is 127. The van der Waals surface area contributed by atoms with Gasteiger partial charge in [0.25, 0.3) is 0 Å². The zero-order valence-corrected chi connectivity index (χ0v) is 16.6. The number of pyridine rings is 1. The van der Waals surface area contributed by atoms with Crippen LogP contribution in [-0.4, -0.2) is 28.8 Å². The summed E-state index contributed by atoms with van der Waals surface area (Å²) in [6.45, 7) is 5.60. The van der Waals surface area contributed by atoms with Crippen molar-refractivity contribution in [1.29, 1.82) is 0 Å². The molecule has 0 unspecified atom stereocenters. The molecule has 23 heavy (non-hydrogen) atoms. The third kappa shape index (κ3) is 6.71. The van der Waals surface area contributed by atoms with Gasteiger partial charge in [-0.05, 0) is 81.2 Å². The average molecular weight is 452 g/mol. The number of aromatic nitrogens is 1. The van der Waals surface area contributed by atoms with Crippen molar-refractivity contribution >= 4 is 46.1 Å². The average Bonchev–Trinajstić information content (AvgIpc) is 2.37. The molecule has 7 heteroatoms. The van der Waals surface area contributed by atoms with Crippen LogP contribution in [0.5, 0.6) is 0 Å². The van der Waals surface area contributed by atoms with E-state index < -0.39 is 5.60 Å². The van der Waals surface area contributed by atoms with Crippen molar-refractivity contribution in [2.75, 3.05) is 5.32 Å². The summed E-state index contributed by atoms with van der Waals surface area (Å²) in [6.07, 6.45) is 3.47. The van der Waals surface area contributed by atoms with E-state index in [0.717, 1.165) is 35.1 Å². The number of anilines is 1. The summed E-state index contributed by atoms with van der Waals surface area (Å²) in [7, 11) is 0. The fourth-order valence-corrected chi connectivity index (χ4v) is 3.59. The van der Waals surface area contributed by atoms with Gasteiger partial charge in [0.2, 0.25) is 0 Å². The molecule has 0 spiro atoms. The van der Waals surface area contributed by atoms with E-state index in [1.165, 1.54) is 0 Å². The Kier molecular flexibility index (Phi) is 6.36. The Balaban J connectivity index is 1.78. The Morgan fingerprint density at radius 3 is 2.43 bits per heavy atom. The lowest BCUT2D eigenvalue weighted by atomic mass is 9.91. The van der Waals surface area contributed by atoms with Crippen molar-refractivity contribution in [1.82, 2.24) is 10.3 Å². The van der Waals surface area contributed by atoms with Crippen molar-refractivity contribution in [3.8, 4) is 0 Å². The van der Waals surface area contributed by atoms with Crippen LogP contribution in [0.3, 0.4) is 0 Å². The molecule has 1 aliphatic carbocycles. The lowest BCUT2D eigenvalue weighted by Crippen LogP contribution is -2.42. The monoisotopic (exact) mass is 451 g/mol. The van der Waals surface area contributed by atoms with E-state index in [2.05, 4.69) is 38.2 Å². The second-order valence-electron chi connectivity index (χ2n) is 6.83. The van der Waals surface area contributed by atoms with Gasteiger partial charge in [0.05, 0.1) is 0 Å². The summed E-state index contributed by atoms with van der Waals surface area (Å²) in [4.78, 5) is 16.1. The molecule has 1 aromatic heterocycles. The van der Waals surface area contributed by atoms with E-state index in [0.29, 0.717) is 11.2 Å². The predicted octanol–water partition coefficient (Wildman–Crippen LogP) is 4.59. The molecule has 2 N–H and O–H groups in total. The molecule has 0 atom stereocenters. The van der Waals surface area contributed by atoms with Crippen LogP contribution in [0.25, 0.3) is 0 Å². The van der Waals surface area contributed by atoms with E-state index in [-0.39, 0.29) is 12.1 Å². The first-order chi connectivity index (χ1) is 10.7. The van der Waals surface area contributed by atoms with Crippen molar-refractivity contribution in [2.45, 2.75) is 64.1 Å². The summed E-state index contributed by atoms with van der Waals surface area (Å²) in [5, 5.41) is 6.88. The number of ether oxygens (including phenoxy) is 1. The van der Waals surface area contributed by atoms with Gasteiger partial charge in [-0.1, -0.05) is 11.6 Å². The molecule has 1 fully saturated rings. The fraction of sp³-hybridized carbons (Fsp3) is 0.625. The number of carbonyl (C=O) groups is 1. The highest BCUT2D eigenvalue weighted by molar-refractivity contribution is 14.1. The van der Waals surface area contributed by atoms with Crippen LogP contribution in [-0.2, 0) is 4.74 Å². The van der Waals surface area contributed by atoms with Gasteiger partial charge in [0.15, 0.2) is 0 Å². The largest absolute Gasteiger partial charge is 0.444 e. The number of rotatable bonds is 3. The zero-order valence-electron chi connectivity index (χ0n) is 13.7. The van der Waals surface area contributed by atoms with Crippen LogP contribution in [0.15, 0.2) is 12.1 Å². The minimum Gasteiger partial charge on any atom is -0.444 e. The summed E-state index contributed by atoms with van der Waals surface area (Å²) in [5.74, 6) is 0.811. The van der Waals surface area contributed by atoms with Crippen molar-refractivity contribution in [3.63, 3.8) is 0 Å². The van der Waals surface area contributed by atoms with Crippen LogP contribution in [0.4, 0.5) is 10.6 Å². The van der Waals surface area contributed by atoms with E-state index in [1.54, 1.807) is 0 Å². The third-order valence-electron chi connectivity index (χ3n) is 3.56. The second kappa shape index (κ2) is 7.88. The lowest BCUT2D eigenvalue weighted by molar-refractivity contribution is 0.0492. The molecule has 0 radical (unpaired) electrons. The number of nitrogens with one attached hydrogen (secondary N) is 2. The van der Waals surface area contributed by atoms with Gasteiger partial charge < -0.3 is 15.4 Å². The van der Waals surface area contributed by atoms with Crippen molar-refractivity contribution < 1.29 is 9.53 Å². The molecular formula is C16H23ClIN3O2. The maximum atomic E-state index is 11.8. The van der Waals surface area contributed by atoms with E-state index in [4.69, 9.17) is 16.3 Å². The van der Waals surface area contributed by atoms with Crippen LogP contribution < -0.4 is 10.6 Å². The van der Waals surface area contributed by atoms with Gasteiger partial charge in [-0.3, -0.25) is 0 Å². The van der Waals surface area contributed by atoms with Crippen molar-refractivity contribution in [3.05, 3.63) is 20.9 Å². The second-order valence-corrected chi connectivity index (χ2v) is 8.47. The molecule has 2 rings (SSSR count). The van der Waals surface area contributed by atoms with E-state index >= 15 is 0 Å². The molecule has 0 bridgehead atoms. The number of halogens is 2. The van der Waals surface area contributed by atoms with Crippen LogP contribution in [0.2, 0.25) is 5.15 Å². The Bertz CT molecular complexity index is 534. The Hall–Kier alpha value is -0.760. The molecule has 5 nitrogen and oxygen atoms in total. The number of amides is 1. The third-order valence-corrected chi connectivity index (χ3v) is 4.38. The molecule has 128 valence electrons. The first kappa shape index (κ1) is 18.6. The minimum atomic E-state index is -0.460. The van der Waals surface area contributed by atoms with Gasteiger partial charge in [0.1, 0.15) is 16.6 Å². The predicted molar refractivity (Wildman–Crippen MR) is 101 cm³/mol. The Morgan fingerprint density at radius 2 is 1.87 bits per heavy atom. The topological polar surface area (TPSA) is 63.2 Å². The fourth-order valence-electron chi connectivity index (χ4n) is 2.61. The first-order valence-electron chi connectivity index (χ1n) is 7.80. The van der Waals surface area contributed by atoms with Gasteiger partial charge in [-0.2, -0.15) is 0 Å². The molecule has 1 aromatic rings. The molecule has 0 saturated heterocycles. The summed E-state index contributed by atoms with van der Waals surface area (Å²) < 4.78 is 6.36. The van der Waals surface area contributed by atoms with Crippen LogP contribution in [0.1, 0.15) is 46.5 Å². The molecule has 1 amide bonds. The van der Waals surface area contributed by atoms with Gasteiger partial charge in [0, 0.05) is 15.7 Å². The number of alkyl carbamates (subject to hydrolysis) is 1. The Labute approximate surface area is 156 Å². The summed E-state index contributed by atoms with van der Waals surface area (Å²) in [5.41, 5.74) is -0.460. The van der Waals surface area contributed by atoms with Gasteiger partial charge >= 0.3 is 6.09 Å². The van der Waals surface area contributed by atoms with Crippen LogP contribution in [0, 0.1) is 3.57 Å². The minimum absolute atomic E-state index is 0.176. The van der Waals surface area contributed by atoms with E-state index in [1.807, 2.05) is 32.9 Å². The normalized spacial score (nSPS) is 21.6. The Morgan fingerprint density at radius 1 is 1.26 bits per heavy atom. The SMILES string of the molecule is CC(C)(C)OC(=O)NC1CCC(Nc2cc(I)cc(Cl)n2)CC1. The summed E-state index contributed by atoms with van der Waals surface area (Å²) >= 11 is 8.21. The number of hydrogen-bond acceptors (Lipinski definition) is 4. The molecule has 1 heterocycles. The molecule has 1 aliphatic rings. The standard InChI is InChI=1S/C16H23ClIN3O2/c1-16(2,3)23-15(22)20-12-6-4-11(5-7-12)19-14-9-10(18)8-13(17)21-14/h8-9,11-12H,4-7H2,1-3H3,(H,19,21)(H,20,22). The van der Waals surface area contributed by atoms with Crippen molar-refractivity contribution in [2.24, 2.45) is 0 Å². The smallest absolute Gasteiger partial charge is 0.407 e. The summed E-state index contributed by atoms with van der Waals surface area (Å²) in [6, 6.07) is 4.34. The van der Waals surface area contributed by atoms with E-state index in [9.17, 15) is 4.79 Å². The zero-order chi connectivity index (χ0) is 17.0. The molecular weight excluding hydrogens is 429 g/mol. The molecule has 1 saturated carbocycles. The maximum absolute atomic E-state index is 11.8. The quantitative estimate of drug-likeness (QED) is 0.521. The maximum Gasteiger partial charge on any atom is 0.407 e. The van der Waals surface area contributed by atoms with Gasteiger partial charge in [-0.15, -0.1) is 0 Å².